The molecule has 118 valence electrons. The van der Waals surface area contributed by atoms with Gasteiger partial charge in [0.15, 0.2) is 0 Å². The minimum Gasteiger partial charge on any atom is -0.347 e. The highest BCUT2D eigenvalue weighted by molar-refractivity contribution is 5.95. The Morgan fingerprint density at radius 1 is 1.27 bits per heavy atom. The summed E-state index contributed by atoms with van der Waals surface area (Å²) in [6, 6.07) is 7.27. The number of carbonyl (C=O) groups is 2. The smallest absolute Gasteiger partial charge is 0.251 e. The van der Waals surface area contributed by atoms with E-state index in [1.54, 1.807) is 17.6 Å². The van der Waals surface area contributed by atoms with E-state index in [9.17, 15) is 9.59 Å². The number of nitrogens with one attached hydrogen (secondary N) is 2. The van der Waals surface area contributed by atoms with Crippen molar-refractivity contribution in [2.75, 3.05) is 13.1 Å². The van der Waals surface area contributed by atoms with Gasteiger partial charge in [-0.25, -0.2) is 5.48 Å². The maximum absolute atomic E-state index is 12.4. The molecule has 0 bridgehead atoms. The Balaban J connectivity index is 1.76. The quantitative estimate of drug-likeness (QED) is 0.567. The molecule has 2 aliphatic rings. The summed E-state index contributed by atoms with van der Waals surface area (Å²) in [5.74, 6) is -1.01. The van der Waals surface area contributed by atoms with Crippen molar-refractivity contribution in [2.24, 2.45) is 5.92 Å². The molecule has 0 spiro atoms. The second-order valence-corrected chi connectivity index (χ2v) is 6.15. The minimum atomic E-state index is -0.427. The van der Waals surface area contributed by atoms with Crippen LogP contribution in [-0.4, -0.2) is 47.1 Å². The zero-order valence-corrected chi connectivity index (χ0v) is 12.6. The number of aryl methyl sites for hydroxylation is 1. The number of nitrogens with zero attached hydrogens (tertiary/aromatic N) is 1. The van der Waals surface area contributed by atoms with Crippen LogP contribution in [0.15, 0.2) is 24.3 Å². The molecule has 2 saturated heterocycles. The second-order valence-electron chi connectivity index (χ2n) is 6.15. The van der Waals surface area contributed by atoms with Crippen LogP contribution in [0, 0.1) is 12.8 Å². The predicted molar refractivity (Wildman–Crippen MR) is 80.4 cm³/mol. The lowest BCUT2D eigenvalue weighted by molar-refractivity contribution is -0.133. The van der Waals surface area contributed by atoms with Crippen molar-refractivity contribution in [2.45, 2.75) is 31.8 Å². The Bertz CT molecular complexity index is 573. The van der Waals surface area contributed by atoms with E-state index in [-0.39, 0.29) is 18.0 Å². The van der Waals surface area contributed by atoms with Crippen LogP contribution in [0.4, 0.5) is 0 Å². The summed E-state index contributed by atoms with van der Waals surface area (Å²) in [5, 5.41) is 11.9. The summed E-state index contributed by atoms with van der Waals surface area (Å²) >= 11 is 0. The molecule has 2 heterocycles. The highest BCUT2D eigenvalue weighted by Gasteiger charge is 2.47. The number of fused-ring (bicyclic) bond motifs is 1. The maximum Gasteiger partial charge on any atom is 0.251 e. The van der Waals surface area contributed by atoms with E-state index in [1.165, 1.54) is 0 Å². The van der Waals surface area contributed by atoms with Gasteiger partial charge in [0.1, 0.15) is 0 Å². The Morgan fingerprint density at radius 3 is 2.68 bits per heavy atom. The van der Waals surface area contributed by atoms with Gasteiger partial charge in [0.05, 0.1) is 12.0 Å². The lowest BCUT2D eigenvalue weighted by atomic mass is 9.95. The standard InChI is InChI=1S/C16H21N3O3/c1-10-4-6-11(7-5-10)15(20)17-14-12(16(21)18-22)9-19-8-2-3-13(14)19/h4-7,12-14,22H,2-3,8-9H2,1H3,(H,17,20)(H,18,21)/t12-,13?,14-/m0/s1. The molecule has 0 aromatic heterocycles. The van der Waals surface area contributed by atoms with Gasteiger partial charge in [-0.05, 0) is 38.4 Å². The van der Waals surface area contributed by atoms with Gasteiger partial charge in [-0.15, -0.1) is 0 Å². The molecular formula is C16H21N3O3. The van der Waals surface area contributed by atoms with Crippen LogP contribution in [0.25, 0.3) is 0 Å². The molecule has 3 atom stereocenters. The van der Waals surface area contributed by atoms with Crippen LogP contribution in [0.3, 0.4) is 0 Å². The molecule has 0 saturated carbocycles. The minimum absolute atomic E-state index is 0.172. The number of carbonyl (C=O) groups excluding carboxylic acids is 2. The first kappa shape index (κ1) is 15.0. The first-order valence-electron chi connectivity index (χ1n) is 7.65. The van der Waals surface area contributed by atoms with E-state index in [0.717, 1.165) is 24.9 Å². The molecule has 3 N–H and O–H groups in total. The number of hydroxylamine groups is 1. The highest BCUT2D eigenvalue weighted by Crippen LogP contribution is 2.32. The largest absolute Gasteiger partial charge is 0.347 e. The van der Waals surface area contributed by atoms with Crippen LogP contribution in [0.5, 0.6) is 0 Å². The molecule has 3 rings (SSSR count). The zero-order valence-electron chi connectivity index (χ0n) is 12.6. The van der Waals surface area contributed by atoms with E-state index >= 15 is 0 Å². The first-order chi connectivity index (χ1) is 10.6. The third-order valence-corrected chi connectivity index (χ3v) is 4.75. The lowest BCUT2D eigenvalue weighted by Gasteiger charge is -2.23. The summed E-state index contributed by atoms with van der Waals surface area (Å²) in [6.07, 6.45) is 2.04. The van der Waals surface area contributed by atoms with Gasteiger partial charge >= 0.3 is 0 Å². The fraction of sp³-hybridized carbons (Fsp3) is 0.500. The van der Waals surface area contributed by atoms with Crippen molar-refractivity contribution in [3.05, 3.63) is 35.4 Å². The van der Waals surface area contributed by atoms with Gasteiger partial charge in [-0.2, -0.15) is 0 Å². The molecular weight excluding hydrogens is 282 g/mol. The van der Waals surface area contributed by atoms with E-state index in [2.05, 4.69) is 10.2 Å². The average Bonchev–Trinajstić information content (AvgIpc) is 3.09. The highest BCUT2D eigenvalue weighted by atomic mass is 16.5. The molecule has 1 aromatic carbocycles. The van der Waals surface area contributed by atoms with Gasteiger partial charge in [-0.1, -0.05) is 17.7 Å². The third kappa shape index (κ3) is 2.71. The van der Waals surface area contributed by atoms with Crippen molar-refractivity contribution in [3.63, 3.8) is 0 Å². The van der Waals surface area contributed by atoms with Crippen LogP contribution < -0.4 is 10.8 Å². The molecule has 0 radical (unpaired) electrons. The molecule has 1 unspecified atom stereocenters. The molecule has 2 aliphatic heterocycles. The van der Waals surface area contributed by atoms with Gasteiger partial charge in [0.25, 0.3) is 5.91 Å². The van der Waals surface area contributed by atoms with Gasteiger partial charge < -0.3 is 5.32 Å². The van der Waals surface area contributed by atoms with Gasteiger partial charge in [-0.3, -0.25) is 19.7 Å². The third-order valence-electron chi connectivity index (χ3n) is 4.75. The first-order valence-corrected chi connectivity index (χ1v) is 7.65. The molecule has 1 aromatic rings. The molecule has 6 nitrogen and oxygen atoms in total. The molecule has 22 heavy (non-hydrogen) atoms. The number of amides is 2. The SMILES string of the molecule is Cc1ccc(C(=O)N[C@@H]2C3CCCN3C[C@@H]2C(=O)NO)cc1. The summed E-state index contributed by atoms with van der Waals surface area (Å²) in [5.41, 5.74) is 3.41. The topological polar surface area (TPSA) is 81.7 Å². The number of benzene rings is 1. The van der Waals surface area contributed by atoms with Crippen LogP contribution in [-0.2, 0) is 4.79 Å². The number of hydrogen-bond donors (Lipinski definition) is 3. The van der Waals surface area contributed by atoms with E-state index < -0.39 is 11.8 Å². The van der Waals surface area contributed by atoms with Crippen LogP contribution in [0.2, 0.25) is 0 Å². The Labute approximate surface area is 129 Å². The molecule has 0 aliphatic carbocycles. The van der Waals surface area contributed by atoms with Crippen molar-refractivity contribution >= 4 is 11.8 Å². The molecule has 6 heteroatoms. The number of rotatable bonds is 3. The molecule has 2 amide bonds. The lowest BCUT2D eigenvalue weighted by Crippen LogP contribution is -2.49. The van der Waals surface area contributed by atoms with Crippen molar-refractivity contribution < 1.29 is 14.8 Å². The average molecular weight is 303 g/mol. The fourth-order valence-electron chi connectivity index (χ4n) is 3.58. The van der Waals surface area contributed by atoms with E-state index in [4.69, 9.17) is 5.21 Å². The summed E-state index contributed by atoms with van der Waals surface area (Å²) in [7, 11) is 0. The maximum atomic E-state index is 12.4. The van der Waals surface area contributed by atoms with Crippen LogP contribution in [0.1, 0.15) is 28.8 Å². The van der Waals surface area contributed by atoms with E-state index in [0.29, 0.717) is 12.1 Å². The second kappa shape index (κ2) is 6.06. The molecule has 2 fully saturated rings. The van der Waals surface area contributed by atoms with Gasteiger partial charge in [0.2, 0.25) is 5.91 Å². The Hall–Kier alpha value is -1.92. The van der Waals surface area contributed by atoms with Gasteiger partial charge in [0, 0.05) is 18.2 Å². The fourth-order valence-corrected chi connectivity index (χ4v) is 3.58. The van der Waals surface area contributed by atoms with E-state index in [1.807, 2.05) is 19.1 Å². The predicted octanol–water partition coefficient (Wildman–Crippen LogP) is 0.693. The Kier molecular flexibility index (Phi) is 4.13. The Morgan fingerprint density at radius 2 is 2.00 bits per heavy atom. The monoisotopic (exact) mass is 303 g/mol. The normalized spacial score (nSPS) is 27.5. The van der Waals surface area contributed by atoms with Crippen LogP contribution >= 0.6 is 0 Å². The van der Waals surface area contributed by atoms with Crippen molar-refractivity contribution in [3.8, 4) is 0 Å². The van der Waals surface area contributed by atoms with Crippen molar-refractivity contribution in [1.82, 2.24) is 15.7 Å². The van der Waals surface area contributed by atoms with Crippen molar-refractivity contribution in [1.29, 1.82) is 0 Å². The summed E-state index contributed by atoms with van der Waals surface area (Å²) in [4.78, 5) is 26.5. The summed E-state index contributed by atoms with van der Waals surface area (Å²) < 4.78 is 0. The number of hydrogen-bond acceptors (Lipinski definition) is 4. The summed E-state index contributed by atoms with van der Waals surface area (Å²) in [6.45, 7) is 3.49. The zero-order chi connectivity index (χ0) is 15.7.